The number of hydrogen-bond acceptors (Lipinski definition) is 4. The first-order valence-electron chi connectivity index (χ1n) is 7.01. The SMILES string of the molecule is COC1(C)CCCN(c2cc(C#N)ccc2C(C)O)C1. The molecule has 1 heterocycles. The molecule has 0 radical (unpaired) electrons. The lowest BCUT2D eigenvalue weighted by molar-refractivity contribution is -0.00476. The number of nitriles is 1. The van der Waals surface area contributed by atoms with Crippen molar-refractivity contribution in [3.8, 4) is 6.07 Å². The predicted octanol–water partition coefficient (Wildman–Crippen LogP) is 2.62. The second-order valence-corrected chi connectivity index (χ2v) is 5.74. The molecule has 1 fully saturated rings. The summed E-state index contributed by atoms with van der Waals surface area (Å²) < 4.78 is 5.62. The molecule has 1 aliphatic rings. The van der Waals surface area contributed by atoms with E-state index in [1.54, 1.807) is 20.1 Å². The highest BCUT2D eigenvalue weighted by Gasteiger charge is 2.32. The van der Waals surface area contributed by atoms with Crippen LogP contribution in [-0.2, 0) is 4.74 Å². The summed E-state index contributed by atoms with van der Waals surface area (Å²) >= 11 is 0. The van der Waals surface area contributed by atoms with E-state index in [0.717, 1.165) is 37.2 Å². The molecule has 2 unspecified atom stereocenters. The van der Waals surface area contributed by atoms with Gasteiger partial charge in [0.15, 0.2) is 0 Å². The average molecular weight is 274 g/mol. The molecule has 1 N–H and O–H groups in total. The number of benzene rings is 1. The van der Waals surface area contributed by atoms with Crippen LogP contribution in [0.1, 0.15) is 43.9 Å². The van der Waals surface area contributed by atoms with Crippen LogP contribution in [0.5, 0.6) is 0 Å². The Bertz CT molecular complexity index is 522. The Labute approximate surface area is 120 Å². The van der Waals surface area contributed by atoms with E-state index in [9.17, 15) is 5.11 Å². The molecule has 0 aromatic heterocycles. The summed E-state index contributed by atoms with van der Waals surface area (Å²) in [5.74, 6) is 0. The second-order valence-electron chi connectivity index (χ2n) is 5.74. The van der Waals surface area contributed by atoms with Crippen LogP contribution in [0.15, 0.2) is 18.2 Å². The zero-order valence-electron chi connectivity index (χ0n) is 12.4. The number of aliphatic hydroxyl groups is 1. The lowest BCUT2D eigenvalue weighted by Gasteiger charge is -2.41. The maximum atomic E-state index is 9.95. The minimum Gasteiger partial charge on any atom is -0.389 e. The fraction of sp³-hybridized carbons (Fsp3) is 0.562. The molecule has 20 heavy (non-hydrogen) atoms. The van der Waals surface area contributed by atoms with Gasteiger partial charge in [0.05, 0.1) is 23.3 Å². The first-order chi connectivity index (χ1) is 9.49. The van der Waals surface area contributed by atoms with Crippen molar-refractivity contribution in [2.24, 2.45) is 0 Å². The maximum Gasteiger partial charge on any atom is 0.0992 e. The van der Waals surface area contributed by atoms with Crippen LogP contribution in [0.4, 0.5) is 5.69 Å². The second kappa shape index (κ2) is 5.82. The minimum absolute atomic E-state index is 0.170. The van der Waals surface area contributed by atoms with Crippen LogP contribution < -0.4 is 4.90 Å². The van der Waals surface area contributed by atoms with Gasteiger partial charge in [0, 0.05) is 31.5 Å². The largest absolute Gasteiger partial charge is 0.389 e. The lowest BCUT2D eigenvalue weighted by Crippen LogP contribution is -2.47. The molecular weight excluding hydrogens is 252 g/mol. The van der Waals surface area contributed by atoms with E-state index in [1.165, 1.54) is 0 Å². The molecule has 1 aromatic carbocycles. The van der Waals surface area contributed by atoms with Crippen molar-refractivity contribution >= 4 is 5.69 Å². The maximum absolute atomic E-state index is 9.95. The molecule has 2 atom stereocenters. The standard InChI is InChI=1S/C16H22N2O2/c1-12(19)14-6-5-13(10-17)9-15(14)18-8-4-7-16(2,11-18)20-3/h5-6,9,12,19H,4,7-8,11H2,1-3H3. The highest BCUT2D eigenvalue weighted by Crippen LogP contribution is 2.33. The van der Waals surface area contributed by atoms with Gasteiger partial charge in [0.25, 0.3) is 0 Å². The zero-order valence-corrected chi connectivity index (χ0v) is 12.4. The van der Waals surface area contributed by atoms with Gasteiger partial charge >= 0.3 is 0 Å². The molecule has 4 nitrogen and oxygen atoms in total. The summed E-state index contributed by atoms with van der Waals surface area (Å²) in [5.41, 5.74) is 2.26. The van der Waals surface area contributed by atoms with Gasteiger partial charge in [-0.25, -0.2) is 0 Å². The van der Waals surface area contributed by atoms with E-state index in [4.69, 9.17) is 10.00 Å². The van der Waals surface area contributed by atoms with E-state index in [1.807, 2.05) is 12.1 Å². The Morgan fingerprint density at radius 2 is 2.25 bits per heavy atom. The molecule has 4 heteroatoms. The van der Waals surface area contributed by atoms with Crippen molar-refractivity contribution in [3.05, 3.63) is 29.3 Å². The van der Waals surface area contributed by atoms with Crippen molar-refractivity contribution in [2.75, 3.05) is 25.1 Å². The van der Waals surface area contributed by atoms with Crippen molar-refractivity contribution in [1.82, 2.24) is 0 Å². The third kappa shape index (κ3) is 2.95. The van der Waals surface area contributed by atoms with E-state index < -0.39 is 6.10 Å². The number of rotatable bonds is 3. The first kappa shape index (κ1) is 14.8. The van der Waals surface area contributed by atoms with Crippen LogP contribution in [-0.4, -0.2) is 30.9 Å². The third-order valence-electron chi connectivity index (χ3n) is 4.10. The lowest BCUT2D eigenvalue weighted by atomic mass is 9.93. The molecule has 0 spiro atoms. The normalized spacial score (nSPS) is 24.2. The van der Waals surface area contributed by atoms with Gasteiger partial charge in [-0.05, 0) is 38.8 Å². The average Bonchev–Trinajstić information content (AvgIpc) is 2.46. The minimum atomic E-state index is -0.548. The summed E-state index contributed by atoms with van der Waals surface area (Å²) in [7, 11) is 1.74. The van der Waals surface area contributed by atoms with Crippen LogP contribution in [0.2, 0.25) is 0 Å². The Kier molecular flexibility index (Phi) is 4.32. The molecule has 0 aliphatic carbocycles. The fourth-order valence-electron chi connectivity index (χ4n) is 2.82. The Morgan fingerprint density at radius 3 is 2.85 bits per heavy atom. The number of nitrogens with zero attached hydrogens (tertiary/aromatic N) is 2. The summed E-state index contributed by atoms with van der Waals surface area (Å²) in [6, 6.07) is 7.63. The number of ether oxygens (including phenoxy) is 1. The molecule has 108 valence electrons. The van der Waals surface area contributed by atoms with Crippen molar-refractivity contribution in [3.63, 3.8) is 0 Å². The number of aliphatic hydroxyl groups excluding tert-OH is 1. The first-order valence-corrected chi connectivity index (χ1v) is 7.01. The van der Waals surface area contributed by atoms with Crippen LogP contribution >= 0.6 is 0 Å². The zero-order chi connectivity index (χ0) is 14.8. The van der Waals surface area contributed by atoms with Gasteiger partial charge in [-0.3, -0.25) is 0 Å². The van der Waals surface area contributed by atoms with Crippen LogP contribution in [0, 0.1) is 11.3 Å². The molecule has 1 aliphatic heterocycles. The van der Waals surface area contributed by atoms with E-state index >= 15 is 0 Å². The summed E-state index contributed by atoms with van der Waals surface area (Å²) in [4.78, 5) is 2.22. The number of piperidine rings is 1. The molecular formula is C16H22N2O2. The molecule has 1 saturated heterocycles. The monoisotopic (exact) mass is 274 g/mol. The molecule has 0 amide bonds. The number of hydrogen-bond donors (Lipinski definition) is 1. The fourth-order valence-corrected chi connectivity index (χ4v) is 2.82. The van der Waals surface area contributed by atoms with Crippen LogP contribution in [0.25, 0.3) is 0 Å². The van der Waals surface area contributed by atoms with Gasteiger partial charge in [0.2, 0.25) is 0 Å². The summed E-state index contributed by atoms with van der Waals surface area (Å²) in [6.45, 7) is 5.56. The van der Waals surface area contributed by atoms with Gasteiger partial charge in [-0.1, -0.05) is 6.07 Å². The Hall–Kier alpha value is -1.57. The highest BCUT2D eigenvalue weighted by atomic mass is 16.5. The van der Waals surface area contributed by atoms with Crippen LogP contribution in [0.3, 0.4) is 0 Å². The smallest absolute Gasteiger partial charge is 0.0992 e. The van der Waals surface area contributed by atoms with E-state index in [-0.39, 0.29) is 5.60 Å². The predicted molar refractivity (Wildman–Crippen MR) is 78.7 cm³/mol. The quantitative estimate of drug-likeness (QED) is 0.920. The van der Waals surface area contributed by atoms with Crippen molar-refractivity contribution in [1.29, 1.82) is 5.26 Å². The van der Waals surface area contributed by atoms with Gasteiger partial charge in [-0.15, -0.1) is 0 Å². The molecule has 1 aromatic rings. The van der Waals surface area contributed by atoms with Gasteiger partial charge < -0.3 is 14.7 Å². The summed E-state index contributed by atoms with van der Waals surface area (Å²) in [6.07, 6.45) is 1.52. The van der Waals surface area contributed by atoms with E-state index in [0.29, 0.717) is 5.56 Å². The van der Waals surface area contributed by atoms with E-state index in [2.05, 4.69) is 17.9 Å². The topological polar surface area (TPSA) is 56.5 Å². The van der Waals surface area contributed by atoms with Crippen molar-refractivity contribution in [2.45, 2.75) is 38.4 Å². The highest BCUT2D eigenvalue weighted by molar-refractivity contribution is 5.59. The number of anilines is 1. The van der Waals surface area contributed by atoms with Gasteiger partial charge in [-0.2, -0.15) is 5.26 Å². The third-order valence-corrected chi connectivity index (χ3v) is 4.10. The molecule has 0 saturated carbocycles. The number of methoxy groups -OCH3 is 1. The molecule has 2 rings (SSSR count). The molecule has 0 bridgehead atoms. The Balaban J connectivity index is 2.37. The Morgan fingerprint density at radius 1 is 1.50 bits per heavy atom. The van der Waals surface area contributed by atoms with Crippen molar-refractivity contribution < 1.29 is 9.84 Å². The summed E-state index contributed by atoms with van der Waals surface area (Å²) in [5, 5.41) is 19.0. The van der Waals surface area contributed by atoms with Gasteiger partial charge in [0.1, 0.15) is 0 Å².